The fourth-order valence-corrected chi connectivity index (χ4v) is 3.96. The van der Waals surface area contributed by atoms with Gasteiger partial charge in [0.2, 0.25) is 11.8 Å². The molecule has 2 rings (SSSR count). The molecule has 1 N–H and O–H groups in total. The van der Waals surface area contributed by atoms with Gasteiger partial charge in [0, 0.05) is 24.3 Å². The Bertz CT molecular complexity index is 502. The molecular formula is C15H24N2O4S. The monoisotopic (exact) mass is 328 g/mol. The van der Waals surface area contributed by atoms with Crippen molar-refractivity contribution in [1.29, 1.82) is 0 Å². The number of rotatable bonds is 2. The molecule has 2 atom stereocenters. The molecule has 2 aliphatic heterocycles. The SMILES string of the molecule is CC(C)(C)C(=O)N1CSCC1C(=O)N1CCC(C)(C(=O)O)C1. The van der Waals surface area contributed by atoms with Crippen molar-refractivity contribution in [3.63, 3.8) is 0 Å². The van der Waals surface area contributed by atoms with E-state index in [9.17, 15) is 19.5 Å². The zero-order valence-corrected chi connectivity index (χ0v) is 14.4. The zero-order valence-electron chi connectivity index (χ0n) is 13.6. The fraction of sp³-hybridized carbons (Fsp3) is 0.800. The second-order valence-electron chi connectivity index (χ2n) is 7.42. The van der Waals surface area contributed by atoms with Crippen molar-refractivity contribution in [1.82, 2.24) is 9.80 Å². The van der Waals surface area contributed by atoms with Crippen molar-refractivity contribution in [3.05, 3.63) is 0 Å². The van der Waals surface area contributed by atoms with Crippen LogP contribution in [-0.4, -0.2) is 63.5 Å². The van der Waals surface area contributed by atoms with Crippen LogP contribution in [0, 0.1) is 10.8 Å². The van der Waals surface area contributed by atoms with E-state index in [1.54, 1.807) is 28.5 Å². The van der Waals surface area contributed by atoms with Crippen molar-refractivity contribution in [2.45, 2.75) is 40.2 Å². The van der Waals surface area contributed by atoms with E-state index in [1.807, 2.05) is 20.8 Å². The van der Waals surface area contributed by atoms with Gasteiger partial charge in [-0.05, 0) is 13.3 Å². The number of carbonyl (C=O) groups is 3. The summed E-state index contributed by atoms with van der Waals surface area (Å²) in [5.74, 6) is 0.0900. The van der Waals surface area contributed by atoms with Gasteiger partial charge in [0.15, 0.2) is 0 Å². The van der Waals surface area contributed by atoms with E-state index in [0.717, 1.165) is 0 Å². The molecule has 2 heterocycles. The molecule has 2 fully saturated rings. The minimum Gasteiger partial charge on any atom is -0.481 e. The minimum absolute atomic E-state index is 0.0314. The number of carbonyl (C=O) groups excluding carboxylic acids is 2. The highest BCUT2D eigenvalue weighted by Crippen LogP contribution is 2.33. The number of carboxylic acids is 1. The number of aliphatic carboxylic acids is 1. The van der Waals surface area contributed by atoms with Gasteiger partial charge in [0.05, 0.1) is 11.3 Å². The number of carboxylic acid groups (broad SMARTS) is 1. The number of likely N-dealkylation sites (tertiary alicyclic amines) is 1. The standard InChI is InChI=1S/C15H24N2O4S/c1-14(2,3)12(19)17-9-22-7-10(17)11(18)16-6-5-15(4,8-16)13(20)21/h10H,5-9H2,1-4H3,(H,20,21). The lowest BCUT2D eigenvalue weighted by molar-refractivity contribution is -0.150. The maximum Gasteiger partial charge on any atom is 0.311 e. The Morgan fingerprint density at radius 2 is 1.91 bits per heavy atom. The Morgan fingerprint density at radius 3 is 2.41 bits per heavy atom. The Morgan fingerprint density at radius 1 is 1.27 bits per heavy atom. The van der Waals surface area contributed by atoms with Crippen LogP contribution in [0.2, 0.25) is 0 Å². The molecule has 6 nitrogen and oxygen atoms in total. The highest BCUT2D eigenvalue weighted by Gasteiger charge is 2.46. The van der Waals surface area contributed by atoms with E-state index in [1.165, 1.54) is 0 Å². The molecule has 2 saturated heterocycles. The molecule has 7 heteroatoms. The van der Waals surface area contributed by atoms with E-state index in [0.29, 0.717) is 24.6 Å². The Hall–Kier alpha value is -1.24. The van der Waals surface area contributed by atoms with Crippen LogP contribution in [0.25, 0.3) is 0 Å². The van der Waals surface area contributed by atoms with Gasteiger partial charge in [0.1, 0.15) is 6.04 Å². The third-order valence-electron chi connectivity index (χ3n) is 4.37. The largest absolute Gasteiger partial charge is 0.481 e. The number of hydrogen-bond donors (Lipinski definition) is 1. The molecule has 2 aliphatic rings. The average Bonchev–Trinajstić information content (AvgIpc) is 3.03. The first kappa shape index (κ1) is 17.1. The van der Waals surface area contributed by atoms with Gasteiger partial charge in [-0.2, -0.15) is 0 Å². The van der Waals surface area contributed by atoms with Gasteiger partial charge >= 0.3 is 5.97 Å². The molecular weight excluding hydrogens is 304 g/mol. The van der Waals surface area contributed by atoms with E-state index in [-0.39, 0.29) is 18.4 Å². The van der Waals surface area contributed by atoms with Crippen LogP contribution < -0.4 is 0 Å². The summed E-state index contributed by atoms with van der Waals surface area (Å²) in [5.41, 5.74) is -1.40. The molecule has 0 bridgehead atoms. The van der Waals surface area contributed by atoms with Gasteiger partial charge in [-0.1, -0.05) is 20.8 Å². The van der Waals surface area contributed by atoms with Crippen LogP contribution in [0.5, 0.6) is 0 Å². The Labute approximate surface area is 135 Å². The van der Waals surface area contributed by atoms with Crippen molar-refractivity contribution in [2.75, 3.05) is 24.7 Å². The van der Waals surface area contributed by atoms with Crippen molar-refractivity contribution in [3.8, 4) is 0 Å². The van der Waals surface area contributed by atoms with Crippen LogP contribution >= 0.6 is 11.8 Å². The van der Waals surface area contributed by atoms with Gasteiger partial charge in [-0.25, -0.2) is 0 Å². The molecule has 2 amide bonds. The normalized spacial score (nSPS) is 29.0. The summed E-state index contributed by atoms with van der Waals surface area (Å²) in [7, 11) is 0. The van der Waals surface area contributed by atoms with Crippen LogP contribution in [0.3, 0.4) is 0 Å². The summed E-state index contributed by atoms with van der Waals surface area (Å²) >= 11 is 1.57. The highest BCUT2D eigenvalue weighted by atomic mass is 32.2. The van der Waals surface area contributed by atoms with Crippen molar-refractivity contribution in [2.24, 2.45) is 10.8 Å². The van der Waals surface area contributed by atoms with Crippen LogP contribution in [0.1, 0.15) is 34.1 Å². The smallest absolute Gasteiger partial charge is 0.311 e. The van der Waals surface area contributed by atoms with Crippen LogP contribution in [0.15, 0.2) is 0 Å². The molecule has 0 aromatic rings. The number of thioether (sulfide) groups is 1. The predicted molar refractivity (Wildman–Crippen MR) is 84.4 cm³/mol. The number of hydrogen-bond acceptors (Lipinski definition) is 4. The Kier molecular flexibility index (Phi) is 4.48. The lowest BCUT2D eigenvalue weighted by Crippen LogP contribution is -2.51. The van der Waals surface area contributed by atoms with Gasteiger partial charge < -0.3 is 14.9 Å². The van der Waals surface area contributed by atoms with Gasteiger partial charge in [-0.15, -0.1) is 11.8 Å². The Balaban J connectivity index is 2.10. The fourth-order valence-electron chi connectivity index (χ4n) is 2.81. The minimum atomic E-state index is -0.875. The summed E-state index contributed by atoms with van der Waals surface area (Å²) in [4.78, 5) is 39.8. The molecule has 0 aromatic carbocycles. The summed E-state index contributed by atoms with van der Waals surface area (Å²) < 4.78 is 0. The summed E-state index contributed by atoms with van der Waals surface area (Å²) in [5, 5.41) is 9.28. The summed E-state index contributed by atoms with van der Waals surface area (Å²) in [6.07, 6.45) is 0.459. The third-order valence-corrected chi connectivity index (χ3v) is 5.38. The summed E-state index contributed by atoms with van der Waals surface area (Å²) in [6, 6.07) is -0.465. The highest BCUT2D eigenvalue weighted by molar-refractivity contribution is 7.99. The first-order valence-corrected chi connectivity index (χ1v) is 8.63. The maximum absolute atomic E-state index is 12.7. The summed E-state index contributed by atoms with van der Waals surface area (Å²) in [6.45, 7) is 7.87. The zero-order chi connectivity index (χ0) is 16.7. The van der Waals surface area contributed by atoms with Crippen molar-refractivity contribution >= 4 is 29.5 Å². The second-order valence-corrected chi connectivity index (χ2v) is 8.42. The average molecular weight is 328 g/mol. The lowest BCUT2D eigenvalue weighted by Gasteiger charge is -2.32. The number of amides is 2. The van der Waals surface area contributed by atoms with Gasteiger partial charge in [-0.3, -0.25) is 14.4 Å². The quantitative estimate of drug-likeness (QED) is 0.825. The molecule has 0 saturated carbocycles. The molecule has 0 radical (unpaired) electrons. The molecule has 0 aliphatic carbocycles. The van der Waals surface area contributed by atoms with E-state index in [2.05, 4.69) is 0 Å². The molecule has 0 spiro atoms. The van der Waals surface area contributed by atoms with E-state index in [4.69, 9.17) is 0 Å². The molecule has 2 unspecified atom stereocenters. The van der Waals surface area contributed by atoms with Crippen LogP contribution in [0.4, 0.5) is 0 Å². The maximum atomic E-state index is 12.7. The van der Waals surface area contributed by atoms with Crippen LogP contribution in [-0.2, 0) is 14.4 Å². The topological polar surface area (TPSA) is 77.9 Å². The van der Waals surface area contributed by atoms with Crippen molar-refractivity contribution < 1.29 is 19.5 Å². The lowest BCUT2D eigenvalue weighted by atomic mass is 9.90. The molecule has 22 heavy (non-hydrogen) atoms. The predicted octanol–water partition coefficient (Wildman–Crippen LogP) is 1.26. The molecule has 124 valence electrons. The van der Waals surface area contributed by atoms with E-state index < -0.39 is 22.8 Å². The van der Waals surface area contributed by atoms with Gasteiger partial charge in [0.25, 0.3) is 0 Å². The first-order chi connectivity index (χ1) is 10.1. The number of nitrogens with zero attached hydrogens (tertiary/aromatic N) is 2. The van der Waals surface area contributed by atoms with E-state index >= 15 is 0 Å². The first-order valence-electron chi connectivity index (χ1n) is 7.47. The second kappa shape index (κ2) is 5.76. The third kappa shape index (κ3) is 3.09. The molecule has 0 aromatic heterocycles.